The molecule has 4 heterocycles. The number of aromatic hydroxyl groups is 1. The highest BCUT2D eigenvalue weighted by molar-refractivity contribution is 5.83. The predicted molar refractivity (Wildman–Crippen MR) is 128 cm³/mol. The summed E-state index contributed by atoms with van der Waals surface area (Å²) in [6, 6.07) is 9.55. The number of rotatable bonds is 8. The van der Waals surface area contributed by atoms with Crippen LogP contribution in [0.2, 0.25) is 0 Å². The molecule has 0 aliphatic carbocycles. The molecule has 0 radical (unpaired) electrons. The third-order valence-electron chi connectivity index (χ3n) is 6.78. The van der Waals surface area contributed by atoms with Crippen LogP contribution in [-0.2, 0) is 24.1 Å². The Morgan fingerprint density at radius 1 is 1.11 bits per heavy atom. The molecule has 1 amide bonds. The number of carbonyl (C=O) groups excluding carboxylic acids is 1. The van der Waals surface area contributed by atoms with E-state index in [2.05, 4.69) is 39.1 Å². The van der Waals surface area contributed by atoms with E-state index in [9.17, 15) is 19.8 Å². The SMILES string of the molecule is O=C1N(C(CO)Cc2nc[nH]c(=O)c2O)Cc2cc(-c3ccc(CCN4CCOCC4)cc3)cn21. The van der Waals surface area contributed by atoms with Gasteiger partial charge in [0.05, 0.1) is 44.4 Å². The minimum Gasteiger partial charge on any atom is -0.502 e. The van der Waals surface area contributed by atoms with Crippen LogP contribution in [0, 0.1) is 0 Å². The van der Waals surface area contributed by atoms with E-state index in [0.29, 0.717) is 6.54 Å². The number of H-pyrrole nitrogens is 1. The minimum absolute atomic E-state index is 0.0710. The number of hydrogen-bond acceptors (Lipinski definition) is 7. The van der Waals surface area contributed by atoms with Crippen molar-refractivity contribution in [3.05, 3.63) is 70.2 Å². The third-order valence-corrected chi connectivity index (χ3v) is 6.78. The maximum atomic E-state index is 13.1. The maximum Gasteiger partial charge on any atom is 0.329 e. The molecule has 1 saturated heterocycles. The number of benzene rings is 1. The summed E-state index contributed by atoms with van der Waals surface area (Å²) < 4.78 is 7.00. The second kappa shape index (κ2) is 10.0. The highest BCUT2D eigenvalue weighted by atomic mass is 16.5. The van der Waals surface area contributed by atoms with Crippen LogP contribution < -0.4 is 5.56 Å². The summed E-state index contributed by atoms with van der Waals surface area (Å²) in [5, 5.41) is 19.9. The van der Waals surface area contributed by atoms with Gasteiger partial charge in [-0.3, -0.25) is 14.3 Å². The number of aromatic nitrogens is 3. The molecule has 3 N–H and O–H groups in total. The van der Waals surface area contributed by atoms with Gasteiger partial charge in [-0.25, -0.2) is 9.78 Å². The molecule has 10 heteroatoms. The van der Waals surface area contributed by atoms with Crippen molar-refractivity contribution in [2.75, 3.05) is 39.5 Å². The predicted octanol–water partition coefficient (Wildman–Crippen LogP) is 1.21. The number of aliphatic hydroxyl groups is 1. The van der Waals surface area contributed by atoms with Gasteiger partial charge in [-0.15, -0.1) is 0 Å². The average Bonchev–Trinajstić information content (AvgIpc) is 3.44. The molecule has 1 atom stereocenters. The summed E-state index contributed by atoms with van der Waals surface area (Å²) in [5.41, 5.74) is 3.59. The van der Waals surface area contributed by atoms with Gasteiger partial charge in [0.15, 0.2) is 0 Å². The Kier molecular flexibility index (Phi) is 6.67. The van der Waals surface area contributed by atoms with E-state index in [1.807, 2.05) is 12.3 Å². The summed E-state index contributed by atoms with van der Waals surface area (Å²) in [6.45, 7) is 4.60. The second-order valence-electron chi connectivity index (χ2n) is 8.97. The Bertz CT molecular complexity index is 1250. The molecular weight excluding hydrogens is 450 g/mol. The van der Waals surface area contributed by atoms with Crippen LogP contribution in [0.4, 0.5) is 4.79 Å². The highest BCUT2D eigenvalue weighted by Crippen LogP contribution is 2.29. The maximum absolute atomic E-state index is 13.1. The van der Waals surface area contributed by atoms with Crippen molar-refractivity contribution in [2.24, 2.45) is 0 Å². The summed E-state index contributed by atoms with van der Waals surface area (Å²) in [4.78, 5) is 35.0. The van der Waals surface area contributed by atoms with Crippen molar-refractivity contribution in [2.45, 2.75) is 25.4 Å². The first kappa shape index (κ1) is 23.3. The van der Waals surface area contributed by atoms with Crippen molar-refractivity contribution >= 4 is 6.03 Å². The Hall–Kier alpha value is -3.47. The Morgan fingerprint density at radius 2 is 1.89 bits per heavy atom. The van der Waals surface area contributed by atoms with Gasteiger partial charge in [0.25, 0.3) is 5.56 Å². The molecule has 2 aromatic heterocycles. The molecule has 35 heavy (non-hydrogen) atoms. The number of fused-ring (bicyclic) bond motifs is 1. The van der Waals surface area contributed by atoms with Gasteiger partial charge in [-0.05, 0) is 23.6 Å². The molecule has 1 fully saturated rings. The van der Waals surface area contributed by atoms with Gasteiger partial charge < -0.3 is 24.8 Å². The molecule has 2 aliphatic heterocycles. The minimum atomic E-state index is -0.651. The number of aromatic amines is 1. The van der Waals surface area contributed by atoms with Gasteiger partial charge in [0.1, 0.15) is 0 Å². The molecule has 0 saturated carbocycles. The largest absolute Gasteiger partial charge is 0.502 e. The van der Waals surface area contributed by atoms with Gasteiger partial charge in [-0.1, -0.05) is 24.3 Å². The van der Waals surface area contributed by atoms with E-state index < -0.39 is 17.4 Å². The standard InChI is InChI=1S/C25H29N5O5/c31-15-21(12-22-23(32)24(33)27-16-26-22)30-14-20-11-19(13-29(20)25(30)34)18-3-1-17(2-4-18)5-6-28-7-9-35-10-8-28/h1-4,11,13,16,21,31-32H,5-10,12,14-15H2,(H,26,27,33). The highest BCUT2D eigenvalue weighted by Gasteiger charge is 2.33. The van der Waals surface area contributed by atoms with Crippen LogP contribution in [0.3, 0.4) is 0 Å². The zero-order valence-corrected chi connectivity index (χ0v) is 19.4. The van der Waals surface area contributed by atoms with Gasteiger partial charge in [0, 0.05) is 43.5 Å². The van der Waals surface area contributed by atoms with E-state index in [-0.39, 0.29) is 24.8 Å². The fraction of sp³-hybridized carbons (Fsp3) is 0.400. The zero-order chi connectivity index (χ0) is 24.4. The van der Waals surface area contributed by atoms with Crippen molar-refractivity contribution < 1.29 is 19.7 Å². The normalized spacial score (nSPS) is 17.1. The molecule has 1 unspecified atom stereocenters. The second-order valence-corrected chi connectivity index (χ2v) is 8.97. The van der Waals surface area contributed by atoms with Gasteiger partial charge in [-0.2, -0.15) is 0 Å². The fourth-order valence-corrected chi connectivity index (χ4v) is 4.68. The number of amides is 1. The molecule has 0 spiro atoms. The van der Waals surface area contributed by atoms with Gasteiger partial charge in [0.2, 0.25) is 5.75 Å². The molecule has 5 rings (SSSR count). The van der Waals surface area contributed by atoms with E-state index >= 15 is 0 Å². The molecule has 0 bridgehead atoms. The Morgan fingerprint density at radius 3 is 2.60 bits per heavy atom. The number of carbonyl (C=O) groups is 1. The average molecular weight is 480 g/mol. The van der Waals surface area contributed by atoms with Crippen molar-refractivity contribution in [3.8, 4) is 16.9 Å². The summed E-state index contributed by atoms with van der Waals surface area (Å²) in [5.74, 6) is -0.493. The van der Waals surface area contributed by atoms with Crippen LogP contribution in [0.15, 0.2) is 47.7 Å². The number of hydrogen-bond donors (Lipinski definition) is 3. The van der Waals surface area contributed by atoms with Gasteiger partial charge >= 0.3 is 6.03 Å². The van der Waals surface area contributed by atoms with Crippen molar-refractivity contribution in [1.82, 2.24) is 24.3 Å². The molecule has 2 aliphatic rings. The lowest BCUT2D eigenvalue weighted by atomic mass is 10.0. The van der Waals surface area contributed by atoms with Crippen LogP contribution in [-0.4, -0.2) is 86.1 Å². The number of aliphatic hydroxyl groups excluding tert-OH is 1. The molecule has 3 aromatic rings. The summed E-state index contributed by atoms with van der Waals surface area (Å²) in [6.07, 6.45) is 4.07. The van der Waals surface area contributed by atoms with Crippen LogP contribution in [0.25, 0.3) is 11.1 Å². The smallest absolute Gasteiger partial charge is 0.329 e. The summed E-state index contributed by atoms with van der Waals surface area (Å²) >= 11 is 0. The first-order valence-electron chi connectivity index (χ1n) is 11.8. The molecule has 184 valence electrons. The van der Waals surface area contributed by atoms with Crippen LogP contribution in [0.5, 0.6) is 5.75 Å². The zero-order valence-electron chi connectivity index (χ0n) is 19.4. The van der Waals surface area contributed by atoms with E-state index in [0.717, 1.165) is 56.1 Å². The topological polar surface area (TPSA) is 124 Å². The van der Waals surface area contributed by atoms with Crippen molar-refractivity contribution in [1.29, 1.82) is 0 Å². The van der Waals surface area contributed by atoms with Crippen LogP contribution in [0.1, 0.15) is 17.0 Å². The quantitative estimate of drug-likeness (QED) is 0.444. The monoisotopic (exact) mass is 479 g/mol. The van der Waals surface area contributed by atoms with Crippen molar-refractivity contribution in [3.63, 3.8) is 0 Å². The lowest BCUT2D eigenvalue weighted by molar-refractivity contribution is 0.0384. The Labute approximate surface area is 202 Å². The number of nitrogens with one attached hydrogen (secondary N) is 1. The first-order valence-corrected chi connectivity index (χ1v) is 11.8. The molecule has 10 nitrogen and oxygen atoms in total. The Balaban J connectivity index is 1.24. The molecular formula is C25H29N5O5. The van der Waals surface area contributed by atoms with E-state index in [4.69, 9.17) is 4.74 Å². The van der Waals surface area contributed by atoms with E-state index in [1.165, 1.54) is 16.8 Å². The third kappa shape index (κ3) is 4.86. The first-order chi connectivity index (χ1) is 17.0. The van der Waals surface area contributed by atoms with Crippen LogP contribution >= 0.6 is 0 Å². The number of ether oxygens (including phenoxy) is 1. The number of morpholine rings is 1. The fourth-order valence-electron chi connectivity index (χ4n) is 4.68. The lowest BCUT2D eigenvalue weighted by Crippen LogP contribution is -2.41. The van der Waals surface area contributed by atoms with E-state index in [1.54, 1.807) is 4.57 Å². The summed E-state index contributed by atoms with van der Waals surface area (Å²) in [7, 11) is 0. The molecule has 1 aromatic carbocycles. The number of nitrogens with zero attached hydrogens (tertiary/aromatic N) is 4. The lowest BCUT2D eigenvalue weighted by Gasteiger charge is -2.26.